The van der Waals surface area contributed by atoms with Crippen molar-refractivity contribution in [1.82, 2.24) is 5.32 Å². The van der Waals surface area contributed by atoms with Crippen molar-refractivity contribution < 1.29 is 4.79 Å². The highest BCUT2D eigenvalue weighted by Crippen LogP contribution is 2.28. The van der Waals surface area contributed by atoms with Crippen LogP contribution in [0.2, 0.25) is 0 Å². The number of amides is 1. The SMILES string of the molecule is CCc1cc([C@H]2CCNC(=O)C2)ccc1N. The number of nitrogen functional groups attached to an aromatic ring is 1. The summed E-state index contributed by atoms with van der Waals surface area (Å²) in [5, 5.41) is 2.86. The first-order valence-electron chi connectivity index (χ1n) is 5.85. The Balaban J connectivity index is 2.22. The molecule has 16 heavy (non-hydrogen) atoms. The van der Waals surface area contributed by atoms with E-state index in [0.29, 0.717) is 12.3 Å². The predicted molar refractivity (Wildman–Crippen MR) is 65.2 cm³/mol. The molecule has 1 fully saturated rings. The molecule has 0 saturated carbocycles. The second-order valence-corrected chi connectivity index (χ2v) is 4.35. The molecule has 0 spiro atoms. The van der Waals surface area contributed by atoms with Crippen LogP contribution >= 0.6 is 0 Å². The van der Waals surface area contributed by atoms with Crippen molar-refractivity contribution in [2.24, 2.45) is 0 Å². The topological polar surface area (TPSA) is 55.1 Å². The molecule has 0 unspecified atom stereocenters. The number of hydrogen-bond acceptors (Lipinski definition) is 2. The van der Waals surface area contributed by atoms with E-state index in [0.717, 1.165) is 25.1 Å². The smallest absolute Gasteiger partial charge is 0.220 e. The van der Waals surface area contributed by atoms with Crippen LogP contribution < -0.4 is 11.1 Å². The van der Waals surface area contributed by atoms with Gasteiger partial charge in [0.15, 0.2) is 0 Å². The fraction of sp³-hybridized carbons (Fsp3) is 0.462. The van der Waals surface area contributed by atoms with Crippen molar-refractivity contribution in [1.29, 1.82) is 0 Å². The number of aryl methyl sites for hydroxylation is 1. The minimum absolute atomic E-state index is 0.158. The van der Waals surface area contributed by atoms with Crippen LogP contribution in [0.1, 0.15) is 36.8 Å². The van der Waals surface area contributed by atoms with Gasteiger partial charge in [0, 0.05) is 18.7 Å². The van der Waals surface area contributed by atoms with Crippen LogP contribution in [-0.2, 0) is 11.2 Å². The Morgan fingerprint density at radius 3 is 3.00 bits per heavy atom. The van der Waals surface area contributed by atoms with Crippen LogP contribution in [0, 0.1) is 0 Å². The highest BCUT2D eigenvalue weighted by atomic mass is 16.1. The van der Waals surface area contributed by atoms with Gasteiger partial charge in [0.05, 0.1) is 0 Å². The van der Waals surface area contributed by atoms with E-state index in [-0.39, 0.29) is 5.91 Å². The Morgan fingerprint density at radius 1 is 1.50 bits per heavy atom. The third kappa shape index (κ3) is 2.18. The van der Waals surface area contributed by atoms with Crippen LogP contribution in [0.5, 0.6) is 0 Å². The molecule has 1 atom stereocenters. The molecule has 1 amide bonds. The van der Waals surface area contributed by atoms with E-state index < -0.39 is 0 Å². The summed E-state index contributed by atoms with van der Waals surface area (Å²) >= 11 is 0. The number of carbonyl (C=O) groups is 1. The van der Waals surface area contributed by atoms with E-state index in [1.54, 1.807) is 0 Å². The van der Waals surface area contributed by atoms with Gasteiger partial charge in [0.25, 0.3) is 0 Å². The Labute approximate surface area is 96.0 Å². The lowest BCUT2D eigenvalue weighted by molar-refractivity contribution is -0.122. The molecule has 1 aromatic rings. The quantitative estimate of drug-likeness (QED) is 0.744. The molecule has 0 bridgehead atoms. The van der Waals surface area contributed by atoms with Crippen molar-refractivity contribution in [2.75, 3.05) is 12.3 Å². The number of anilines is 1. The molecule has 0 aliphatic carbocycles. The maximum Gasteiger partial charge on any atom is 0.220 e. The molecule has 0 aromatic heterocycles. The summed E-state index contributed by atoms with van der Waals surface area (Å²) in [6, 6.07) is 6.16. The summed E-state index contributed by atoms with van der Waals surface area (Å²) in [4.78, 5) is 11.3. The van der Waals surface area contributed by atoms with Gasteiger partial charge in [-0.05, 0) is 36.0 Å². The highest BCUT2D eigenvalue weighted by Gasteiger charge is 2.20. The third-order valence-corrected chi connectivity index (χ3v) is 3.27. The second kappa shape index (κ2) is 4.56. The molecule has 86 valence electrons. The van der Waals surface area contributed by atoms with Gasteiger partial charge in [-0.25, -0.2) is 0 Å². The fourth-order valence-corrected chi connectivity index (χ4v) is 2.25. The van der Waals surface area contributed by atoms with Gasteiger partial charge in [0.1, 0.15) is 0 Å². The summed E-state index contributed by atoms with van der Waals surface area (Å²) in [7, 11) is 0. The lowest BCUT2D eigenvalue weighted by atomic mass is 9.88. The first-order valence-corrected chi connectivity index (χ1v) is 5.85. The molecule has 2 rings (SSSR count). The molecule has 0 radical (unpaired) electrons. The third-order valence-electron chi connectivity index (χ3n) is 3.27. The molecule has 1 aliphatic heterocycles. The molecule has 3 heteroatoms. The van der Waals surface area contributed by atoms with E-state index in [1.165, 1.54) is 11.1 Å². The van der Waals surface area contributed by atoms with Crippen molar-refractivity contribution in [3.05, 3.63) is 29.3 Å². The van der Waals surface area contributed by atoms with Crippen molar-refractivity contribution in [3.8, 4) is 0 Å². The highest BCUT2D eigenvalue weighted by molar-refractivity contribution is 5.77. The van der Waals surface area contributed by atoms with Crippen molar-refractivity contribution in [3.63, 3.8) is 0 Å². The summed E-state index contributed by atoms with van der Waals surface area (Å²) in [5.41, 5.74) is 9.17. The van der Waals surface area contributed by atoms with E-state index in [9.17, 15) is 4.79 Å². The minimum Gasteiger partial charge on any atom is -0.399 e. The lowest BCUT2D eigenvalue weighted by Crippen LogP contribution is -2.32. The zero-order valence-electron chi connectivity index (χ0n) is 9.62. The number of nitrogens with one attached hydrogen (secondary N) is 1. The second-order valence-electron chi connectivity index (χ2n) is 4.35. The van der Waals surface area contributed by atoms with Gasteiger partial charge in [-0.15, -0.1) is 0 Å². The summed E-state index contributed by atoms with van der Waals surface area (Å²) < 4.78 is 0. The zero-order valence-corrected chi connectivity index (χ0v) is 9.62. The number of carbonyl (C=O) groups excluding carboxylic acids is 1. The molecular weight excluding hydrogens is 200 g/mol. The van der Waals surface area contributed by atoms with Crippen LogP contribution in [-0.4, -0.2) is 12.5 Å². The van der Waals surface area contributed by atoms with E-state index >= 15 is 0 Å². The molecule has 3 N–H and O–H groups in total. The number of hydrogen-bond donors (Lipinski definition) is 2. The number of piperidine rings is 1. The van der Waals surface area contributed by atoms with Gasteiger partial charge in [0.2, 0.25) is 5.91 Å². The van der Waals surface area contributed by atoms with Crippen molar-refractivity contribution >= 4 is 11.6 Å². The molecule has 1 aliphatic rings. The predicted octanol–water partition coefficient (Wildman–Crippen LogP) is 1.82. The van der Waals surface area contributed by atoms with Gasteiger partial charge < -0.3 is 11.1 Å². The monoisotopic (exact) mass is 218 g/mol. The molecule has 3 nitrogen and oxygen atoms in total. The number of rotatable bonds is 2. The summed E-state index contributed by atoms with van der Waals surface area (Å²) in [6.07, 6.45) is 2.57. The Morgan fingerprint density at radius 2 is 2.31 bits per heavy atom. The summed E-state index contributed by atoms with van der Waals surface area (Å²) in [5.74, 6) is 0.519. The van der Waals surface area contributed by atoms with E-state index in [1.807, 2.05) is 6.07 Å². The minimum atomic E-state index is 0.158. The van der Waals surface area contributed by atoms with E-state index in [4.69, 9.17) is 5.73 Å². The van der Waals surface area contributed by atoms with Crippen LogP contribution in [0.15, 0.2) is 18.2 Å². The Kier molecular flexibility index (Phi) is 3.13. The Hall–Kier alpha value is -1.51. The average molecular weight is 218 g/mol. The van der Waals surface area contributed by atoms with Gasteiger partial charge in [-0.1, -0.05) is 19.1 Å². The van der Waals surface area contributed by atoms with Gasteiger partial charge >= 0.3 is 0 Å². The molecule has 1 saturated heterocycles. The zero-order chi connectivity index (χ0) is 11.5. The maximum absolute atomic E-state index is 11.3. The lowest BCUT2D eigenvalue weighted by Gasteiger charge is -2.23. The normalized spacial score (nSPS) is 20.6. The number of nitrogens with two attached hydrogens (primary N) is 1. The number of benzene rings is 1. The largest absolute Gasteiger partial charge is 0.399 e. The Bertz CT molecular complexity index is 401. The van der Waals surface area contributed by atoms with Crippen LogP contribution in [0.25, 0.3) is 0 Å². The maximum atomic E-state index is 11.3. The fourth-order valence-electron chi connectivity index (χ4n) is 2.25. The first-order chi connectivity index (χ1) is 7.70. The summed E-state index contributed by atoms with van der Waals surface area (Å²) in [6.45, 7) is 2.89. The molecule has 1 heterocycles. The molecule has 1 aromatic carbocycles. The van der Waals surface area contributed by atoms with E-state index in [2.05, 4.69) is 24.4 Å². The van der Waals surface area contributed by atoms with Gasteiger partial charge in [-0.3, -0.25) is 4.79 Å². The molecular formula is C13H18N2O. The van der Waals surface area contributed by atoms with Crippen LogP contribution in [0.3, 0.4) is 0 Å². The van der Waals surface area contributed by atoms with Crippen molar-refractivity contribution in [2.45, 2.75) is 32.1 Å². The van der Waals surface area contributed by atoms with Gasteiger partial charge in [-0.2, -0.15) is 0 Å². The first kappa shape index (κ1) is 11.0. The standard InChI is InChI=1S/C13H18N2O/c1-2-9-7-10(3-4-12(9)14)11-5-6-15-13(16)8-11/h3-4,7,11H,2,5-6,8,14H2,1H3,(H,15,16)/t11-/m0/s1. The van der Waals surface area contributed by atoms with Crippen LogP contribution in [0.4, 0.5) is 5.69 Å². The average Bonchev–Trinajstić information content (AvgIpc) is 2.29.